The van der Waals surface area contributed by atoms with Gasteiger partial charge < -0.3 is 20.1 Å². The number of benzene rings is 2. The number of hydrogen-bond donors (Lipinski definition) is 3. The Labute approximate surface area is 287 Å². The molecule has 49 heavy (non-hydrogen) atoms. The molecule has 12 heteroatoms. The van der Waals surface area contributed by atoms with Crippen LogP contribution in [0, 0.1) is 5.92 Å². The second-order valence-corrected chi connectivity index (χ2v) is 15.3. The second-order valence-electron chi connectivity index (χ2n) is 13.5. The van der Waals surface area contributed by atoms with Crippen LogP contribution in [0.4, 0.5) is 0 Å². The van der Waals surface area contributed by atoms with Gasteiger partial charge in [-0.15, -0.1) is 6.58 Å². The third kappa shape index (κ3) is 7.50. The molecular weight excluding hydrogens is 644 g/mol. The lowest BCUT2D eigenvalue weighted by Gasteiger charge is -2.29. The van der Waals surface area contributed by atoms with Gasteiger partial charge >= 0.3 is 5.97 Å². The van der Waals surface area contributed by atoms with Crippen molar-refractivity contribution in [1.82, 2.24) is 19.9 Å². The topological polar surface area (TPSA) is 155 Å². The summed E-state index contributed by atoms with van der Waals surface area (Å²) in [5, 5.41) is 13.5. The lowest BCUT2D eigenvalue weighted by Crippen LogP contribution is -2.56. The number of aliphatic carboxylic acids is 1. The number of hydrogen-bond acceptors (Lipinski definition) is 7. The molecule has 6 rings (SSSR count). The summed E-state index contributed by atoms with van der Waals surface area (Å²) in [5.41, 5.74) is 1.93. The van der Waals surface area contributed by atoms with Crippen LogP contribution in [-0.2, 0) is 30.8 Å². The van der Waals surface area contributed by atoms with E-state index in [0.29, 0.717) is 30.7 Å². The molecule has 3 heterocycles. The third-order valence-electron chi connectivity index (χ3n) is 9.92. The fourth-order valence-electron chi connectivity index (χ4n) is 7.04. The van der Waals surface area contributed by atoms with Gasteiger partial charge in [-0.3, -0.25) is 9.59 Å². The summed E-state index contributed by atoms with van der Waals surface area (Å²) in [6.45, 7) is 5.68. The number of amides is 2. The normalized spacial score (nSPS) is 26.9. The number of sulfonamides is 1. The van der Waals surface area contributed by atoms with E-state index in [4.69, 9.17) is 9.72 Å². The number of carboxylic acids is 1. The Balaban J connectivity index is 1.40. The number of nitrogens with one attached hydrogen (secondary N) is 2. The second kappa shape index (κ2) is 14.3. The minimum atomic E-state index is -3.80. The van der Waals surface area contributed by atoms with E-state index >= 15 is 0 Å². The maximum atomic E-state index is 14.3. The monoisotopic (exact) mass is 688 g/mol. The Bertz CT molecular complexity index is 1850. The van der Waals surface area contributed by atoms with E-state index in [1.807, 2.05) is 61.5 Å². The number of carbonyl (C=O) groups excluding carboxylic acids is 2. The molecule has 3 aromatic rings. The first-order chi connectivity index (χ1) is 23.5. The van der Waals surface area contributed by atoms with Crippen LogP contribution in [0.3, 0.4) is 0 Å². The van der Waals surface area contributed by atoms with E-state index < -0.39 is 57.5 Å². The Morgan fingerprint density at radius 3 is 2.67 bits per heavy atom. The zero-order valence-electron chi connectivity index (χ0n) is 27.8. The van der Waals surface area contributed by atoms with Crippen LogP contribution in [0.5, 0.6) is 5.75 Å². The summed E-state index contributed by atoms with van der Waals surface area (Å²) in [5.74, 6) is -2.31. The number of unbranched alkanes of at least 4 members (excludes halogenated alkanes) is 1. The van der Waals surface area contributed by atoms with Gasteiger partial charge in [-0.1, -0.05) is 68.7 Å². The van der Waals surface area contributed by atoms with Gasteiger partial charge in [-0.05, 0) is 49.8 Å². The van der Waals surface area contributed by atoms with Crippen LogP contribution in [0.1, 0.15) is 63.9 Å². The number of fused-ring (bicyclic) bond motifs is 3. The van der Waals surface area contributed by atoms with Crippen LogP contribution in [0.25, 0.3) is 22.2 Å². The van der Waals surface area contributed by atoms with Crippen LogP contribution in [0.2, 0.25) is 0 Å². The average Bonchev–Trinajstić information content (AvgIpc) is 3.65. The molecule has 2 aromatic carbocycles. The highest BCUT2D eigenvalue weighted by atomic mass is 32.2. The number of carbonyl (C=O) groups is 3. The Kier molecular flexibility index (Phi) is 10.1. The molecule has 2 fully saturated rings. The van der Waals surface area contributed by atoms with Gasteiger partial charge in [-0.25, -0.2) is 22.9 Å². The first-order valence-corrected chi connectivity index (χ1v) is 18.8. The fourth-order valence-corrected chi connectivity index (χ4v) is 8.39. The summed E-state index contributed by atoms with van der Waals surface area (Å²) in [6, 6.07) is 15.5. The standard InChI is InChI=1S/C37H44N4O7S/c1-3-5-15-30-35(43)41-23-27(20-32(41)34(42)39-37(36(44)45)22-26(37)4-2)48-33-21-31(25-13-9-6-10-14-25)38-29-17-16-24(19-28(29)33)12-8-7-11-18-49(46,47)40-30/h4,6,9-10,13-14,16-17,19,21,26-27,30,32,40H,2-3,5,7-8,11-12,15,18,20,22-23H2,1H3,(H,39,42)(H,44,45)/t26-,27-,30+,32+,37-/m1/s1. The van der Waals surface area contributed by atoms with Gasteiger partial charge in [0.2, 0.25) is 21.8 Å². The van der Waals surface area contributed by atoms with Gasteiger partial charge in [0.1, 0.15) is 29.5 Å². The molecule has 1 aromatic heterocycles. The molecule has 11 nitrogen and oxygen atoms in total. The molecule has 1 saturated carbocycles. The summed E-state index contributed by atoms with van der Waals surface area (Å²) < 4.78 is 35.8. The predicted octanol–water partition coefficient (Wildman–Crippen LogP) is 4.60. The first-order valence-electron chi connectivity index (χ1n) is 17.2. The van der Waals surface area contributed by atoms with Crippen molar-refractivity contribution in [1.29, 1.82) is 0 Å². The third-order valence-corrected chi connectivity index (χ3v) is 11.4. The van der Waals surface area contributed by atoms with Crippen molar-refractivity contribution < 1.29 is 32.6 Å². The molecule has 3 aliphatic rings. The molecule has 2 aliphatic heterocycles. The van der Waals surface area contributed by atoms with Gasteiger partial charge in [0.15, 0.2) is 0 Å². The van der Waals surface area contributed by atoms with Crippen molar-refractivity contribution in [2.45, 2.75) is 88.4 Å². The van der Waals surface area contributed by atoms with Crippen molar-refractivity contribution >= 4 is 38.7 Å². The lowest BCUT2D eigenvalue weighted by molar-refractivity contribution is -0.145. The number of rotatable bonds is 8. The smallest absolute Gasteiger partial charge is 0.330 e. The molecule has 5 atom stereocenters. The van der Waals surface area contributed by atoms with E-state index in [9.17, 15) is 27.9 Å². The van der Waals surface area contributed by atoms with Gasteiger partial charge in [-0.2, -0.15) is 0 Å². The highest BCUT2D eigenvalue weighted by Crippen LogP contribution is 2.45. The largest absolute Gasteiger partial charge is 0.488 e. The van der Waals surface area contributed by atoms with Crippen LogP contribution < -0.4 is 14.8 Å². The number of pyridine rings is 1. The minimum absolute atomic E-state index is 0.0103. The van der Waals surface area contributed by atoms with Gasteiger partial charge in [0, 0.05) is 29.4 Å². The highest BCUT2D eigenvalue weighted by Gasteiger charge is 2.61. The summed E-state index contributed by atoms with van der Waals surface area (Å²) in [4.78, 5) is 46.8. The number of aromatic nitrogens is 1. The van der Waals surface area contributed by atoms with Crippen LogP contribution in [-0.4, -0.2) is 77.2 Å². The number of carboxylic acid groups (broad SMARTS) is 1. The fraction of sp³-hybridized carbons (Fsp3) is 0.459. The molecule has 0 radical (unpaired) electrons. The Morgan fingerprint density at radius 2 is 1.96 bits per heavy atom. The van der Waals surface area contributed by atoms with Gasteiger partial charge in [0.05, 0.1) is 23.5 Å². The van der Waals surface area contributed by atoms with Crippen molar-refractivity contribution in [3.63, 3.8) is 0 Å². The summed E-state index contributed by atoms with van der Waals surface area (Å²) in [7, 11) is -3.80. The first kappa shape index (κ1) is 34.6. The molecule has 2 amide bonds. The highest BCUT2D eigenvalue weighted by molar-refractivity contribution is 7.89. The molecule has 1 aliphatic carbocycles. The van der Waals surface area contributed by atoms with E-state index in [-0.39, 0.29) is 31.6 Å². The molecular formula is C37H44N4O7S. The Morgan fingerprint density at radius 1 is 1.16 bits per heavy atom. The molecule has 0 unspecified atom stereocenters. The van der Waals surface area contributed by atoms with E-state index in [1.54, 1.807) is 0 Å². The molecule has 260 valence electrons. The summed E-state index contributed by atoms with van der Waals surface area (Å²) >= 11 is 0. The average molecular weight is 689 g/mol. The van der Waals surface area contributed by atoms with Crippen molar-refractivity contribution in [2.24, 2.45) is 5.92 Å². The number of aryl methyl sites for hydroxylation is 1. The predicted molar refractivity (Wildman–Crippen MR) is 186 cm³/mol. The lowest BCUT2D eigenvalue weighted by atomic mass is 10.0. The molecule has 4 bridgehead atoms. The number of ether oxygens (including phenoxy) is 1. The SMILES string of the molecule is C=C[C@@H]1C[C@]1(NC(=O)[C@@H]1C[C@@H]2CN1C(=O)[C@H](CCCC)NS(=O)(=O)CCCCCc1ccc3nc(-c4ccccc4)cc(c3c1)O2)C(=O)O. The minimum Gasteiger partial charge on any atom is -0.488 e. The van der Waals surface area contributed by atoms with E-state index in [2.05, 4.69) is 16.6 Å². The van der Waals surface area contributed by atoms with Crippen molar-refractivity contribution in [3.05, 3.63) is 72.8 Å². The Hall–Kier alpha value is -4.29. The quantitative estimate of drug-likeness (QED) is 0.290. The van der Waals surface area contributed by atoms with Crippen molar-refractivity contribution in [2.75, 3.05) is 12.3 Å². The molecule has 1 saturated heterocycles. The maximum Gasteiger partial charge on any atom is 0.330 e. The van der Waals surface area contributed by atoms with E-state index in [0.717, 1.165) is 41.3 Å². The zero-order valence-corrected chi connectivity index (χ0v) is 28.6. The van der Waals surface area contributed by atoms with Crippen LogP contribution >= 0.6 is 0 Å². The van der Waals surface area contributed by atoms with E-state index in [1.165, 1.54) is 11.0 Å². The molecule has 3 N–H and O–H groups in total. The maximum absolute atomic E-state index is 14.3. The van der Waals surface area contributed by atoms with Gasteiger partial charge in [0.25, 0.3) is 0 Å². The zero-order chi connectivity index (χ0) is 34.8. The summed E-state index contributed by atoms with van der Waals surface area (Å²) in [6.07, 6.45) is 5.42. The number of nitrogens with zero attached hydrogens (tertiary/aromatic N) is 2. The van der Waals surface area contributed by atoms with Crippen molar-refractivity contribution in [3.8, 4) is 17.0 Å². The van der Waals surface area contributed by atoms with Crippen LogP contribution in [0.15, 0.2) is 67.3 Å². The molecule has 0 spiro atoms.